The van der Waals surface area contributed by atoms with E-state index in [1.807, 2.05) is 0 Å². The Morgan fingerprint density at radius 1 is 1.50 bits per heavy atom. The first-order valence-electron chi connectivity index (χ1n) is 5.07. The van der Waals surface area contributed by atoms with Crippen molar-refractivity contribution in [2.75, 3.05) is 11.5 Å². The molecule has 18 heavy (non-hydrogen) atoms. The van der Waals surface area contributed by atoms with Crippen LogP contribution >= 0.6 is 11.8 Å². The van der Waals surface area contributed by atoms with Gasteiger partial charge < -0.3 is 16.2 Å². The summed E-state index contributed by atoms with van der Waals surface area (Å²) in [4.78, 5) is 22.2. The summed E-state index contributed by atoms with van der Waals surface area (Å²) in [5, 5.41) is 11.2. The standard InChI is InChI=1S/C11H13FN2O3S/c1-6(15)14-10(11(16)17)5-18-9-3-7(12)2-8(13)4-9/h2-4,10H,5,13H2,1H3,(H,14,15)(H,16,17). The second kappa shape index (κ2) is 6.25. The van der Waals surface area contributed by atoms with Gasteiger partial charge in [0.2, 0.25) is 5.91 Å². The molecule has 1 amide bonds. The van der Waals surface area contributed by atoms with E-state index in [1.165, 1.54) is 19.1 Å². The minimum atomic E-state index is -1.14. The number of amides is 1. The molecule has 98 valence electrons. The lowest BCUT2D eigenvalue weighted by atomic mass is 10.3. The number of nitrogens with one attached hydrogen (secondary N) is 1. The molecule has 0 spiro atoms. The smallest absolute Gasteiger partial charge is 0.327 e. The van der Waals surface area contributed by atoms with Crippen molar-refractivity contribution >= 4 is 29.3 Å². The number of anilines is 1. The number of hydrogen-bond donors (Lipinski definition) is 3. The number of nitrogen functional groups attached to an aromatic ring is 1. The lowest BCUT2D eigenvalue weighted by Crippen LogP contribution is -2.41. The first kappa shape index (κ1) is 14.3. The maximum atomic E-state index is 13.0. The average molecular weight is 272 g/mol. The Morgan fingerprint density at radius 3 is 2.67 bits per heavy atom. The molecular weight excluding hydrogens is 259 g/mol. The molecule has 1 rings (SSSR count). The van der Waals surface area contributed by atoms with Crippen LogP contribution in [0.25, 0.3) is 0 Å². The van der Waals surface area contributed by atoms with Gasteiger partial charge in [-0.05, 0) is 18.2 Å². The molecule has 0 saturated heterocycles. The summed E-state index contributed by atoms with van der Waals surface area (Å²) in [5.74, 6) is -1.95. The number of hydrogen-bond acceptors (Lipinski definition) is 4. The molecule has 0 aromatic heterocycles. The van der Waals surface area contributed by atoms with Crippen LogP contribution in [0.2, 0.25) is 0 Å². The zero-order chi connectivity index (χ0) is 13.7. The van der Waals surface area contributed by atoms with Gasteiger partial charge in [-0.3, -0.25) is 4.79 Å². The Bertz CT molecular complexity index is 447. The molecule has 0 radical (unpaired) electrons. The highest BCUT2D eigenvalue weighted by molar-refractivity contribution is 7.99. The lowest BCUT2D eigenvalue weighted by molar-refractivity contribution is -0.140. The molecule has 0 aliphatic rings. The van der Waals surface area contributed by atoms with Crippen LogP contribution in [0, 0.1) is 5.82 Å². The van der Waals surface area contributed by atoms with Crippen LogP contribution in [0.5, 0.6) is 0 Å². The Kier molecular flexibility index (Phi) is 4.96. The number of carbonyl (C=O) groups excluding carboxylic acids is 1. The van der Waals surface area contributed by atoms with E-state index < -0.39 is 23.7 Å². The van der Waals surface area contributed by atoms with Crippen molar-refractivity contribution in [1.82, 2.24) is 5.32 Å². The monoisotopic (exact) mass is 272 g/mol. The fourth-order valence-electron chi connectivity index (χ4n) is 1.27. The Balaban J connectivity index is 2.66. The lowest BCUT2D eigenvalue weighted by Gasteiger charge is -2.12. The molecule has 0 heterocycles. The van der Waals surface area contributed by atoms with E-state index >= 15 is 0 Å². The first-order chi connectivity index (χ1) is 8.38. The molecule has 0 saturated carbocycles. The van der Waals surface area contributed by atoms with Crippen molar-refractivity contribution in [2.24, 2.45) is 0 Å². The molecule has 5 nitrogen and oxygen atoms in total. The van der Waals surface area contributed by atoms with E-state index in [1.54, 1.807) is 6.07 Å². The zero-order valence-corrected chi connectivity index (χ0v) is 10.5. The molecule has 7 heteroatoms. The number of rotatable bonds is 5. The van der Waals surface area contributed by atoms with E-state index in [9.17, 15) is 14.0 Å². The molecule has 1 unspecified atom stereocenters. The number of carboxylic acid groups (broad SMARTS) is 1. The van der Waals surface area contributed by atoms with Crippen LogP contribution in [-0.4, -0.2) is 28.8 Å². The highest BCUT2D eigenvalue weighted by Crippen LogP contribution is 2.22. The van der Waals surface area contributed by atoms with Gasteiger partial charge in [-0.25, -0.2) is 9.18 Å². The summed E-state index contributed by atoms with van der Waals surface area (Å²) >= 11 is 1.11. The van der Waals surface area contributed by atoms with Crippen LogP contribution in [-0.2, 0) is 9.59 Å². The second-order valence-corrected chi connectivity index (χ2v) is 4.72. The summed E-state index contributed by atoms with van der Waals surface area (Å²) in [5.41, 5.74) is 5.73. The van der Waals surface area contributed by atoms with Crippen LogP contribution in [0.4, 0.5) is 10.1 Å². The van der Waals surface area contributed by atoms with Crippen molar-refractivity contribution in [3.63, 3.8) is 0 Å². The average Bonchev–Trinajstić information content (AvgIpc) is 2.21. The van der Waals surface area contributed by atoms with Gasteiger partial charge in [0.15, 0.2) is 0 Å². The maximum Gasteiger partial charge on any atom is 0.327 e. The summed E-state index contributed by atoms with van der Waals surface area (Å²) in [7, 11) is 0. The third kappa shape index (κ3) is 4.62. The summed E-state index contributed by atoms with van der Waals surface area (Å²) < 4.78 is 13.0. The van der Waals surface area contributed by atoms with Crippen LogP contribution < -0.4 is 11.1 Å². The Labute approximate surface area is 108 Å². The van der Waals surface area contributed by atoms with E-state index in [0.29, 0.717) is 4.90 Å². The number of thioether (sulfide) groups is 1. The second-order valence-electron chi connectivity index (χ2n) is 3.62. The minimum Gasteiger partial charge on any atom is -0.480 e. The Hall–Kier alpha value is -1.76. The summed E-state index contributed by atoms with van der Waals surface area (Å²) in [6, 6.07) is 2.96. The third-order valence-corrected chi connectivity index (χ3v) is 3.05. The highest BCUT2D eigenvalue weighted by atomic mass is 32.2. The largest absolute Gasteiger partial charge is 0.480 e. The van der Waals surface area contributed by atoms with Gasteiger partial charge in [-0.2, -0.15) is 0 Å². The van der Waals surface area contributed by atoms with Crippen molar-refractivity contribution in [2.45, 2.75) is 17.9 Å². The van der Waals surface area contributed by atoms with Gasteiger partial charge in [0.1, 0.15) is 11.9 Å². The number of nitrogens with two attached hydrogens (primary N) is 1. The van der Waals surface area contributed by atoms with Crippen molar-refractivity contribution in [3.8, 4) is 0 Å². The van der Waals surface area contributed by atoms with Crippen LogP contribution in [0.3, 0.4) is 0 Å². The number of carbonyl (C=O) groups is 2. The molecule has 1 atom stereocenters. The van der Waals surface area contributed by atoms with Crippen LogP contribution in [0.1, 0.15) is 6.92 Å². The van der Waals surface area contributed by atoms with Gasteiger partial charge in [0.25, 0.3) is 0 Å². The van der Waals surface area contributed by atoms with Crippen molar-refractivity contribution in [1.29, 1.82) is 0 Å². The normalized spacial score (nSPS) is 11.9. The predicted molar refractivity (Wildman–Crippen MR) is 66.8 cm³/mol. The summed E-state index contributed by atoms with van der Waals surface area (Å²) in [6.07, 6.45) is 0. The quantitative estimate of drug-likeness (QED) is 0.551. The van der Waals surface area contributed by atoms with E-state index in [-0.39, 0.29) is 11.4 Å². The third-order valence-electron chi connectivity index (χ3n) is 1.99. The van der Waals surface area contributed by atoms with E-state index in [0.717, 1.165) is 11.8 Å². The first-order valence-corrected chi connectivity index (χ1v) is 6.06. The molecule has 1 aromatic rings. The zero-order valence-electron chi connectivity index (χ0n) is 9.64. The van der Waals surface area contributed by atoms with Crippen LogP contribution in [0.15, 0.2) is 23.1 Å². The molecule has 1 aromatic carbocycles. The number of benzene rings is 1. The topological polar surface area (TPSA) is 92.4 Å². The maximum absolute atomic E-state index is 13.0. The molecular formula is C11H13FN2O3S. The van der Waals surface area contributed by atoms with E-state index in [4.69, 9.17) is 10.8 Å². The van der Waals surface area contributed by atoms with Gasteiger partial charge in [-0.1, -0.05) is 0 Å². The number of carboxylic acids is 1. The fourth-order valence-corrected chi connectivity index (χ4v) is 2.27. The Morgan fingerprint density at radius 2 is 2.17 bits per heavy atom. The summed E-state index contributed by atoms with van der Waals surface area (Å²) in [6.45, 7) is 1.24. The number of aliphatic carboxylic acids is 1. The van der Waals surface area contributed by atoms with Gasteiger partial charge in [0, 0.05) is 23.3 Å². The fraction of sp³-hybridized carbons (Fsp3) is 0.273. The van der Waals surface area contributed by atoms with Crippen molar-refractivity contribution in [3.05, 3.63) is 24.0 Å². The molecule has 0 fully saturated rings. The number of halogens is 1. The molecule has 4 N–H and O–H groups in total. The van der Waals surface area contributed by atoms with E-state index in [2.05, 4.69) is 5.32 Å². The minimum absolute atomic E-state index is 0.0950. The molecule has 0 bridgehead atoms. The predicted octanol–water partition coefficient (Wildman–Crippen LogP) is 1.09. The SMILES string of the molecule is CC(=O)NC(CSc1cc(N)cc(F)c1)C(=O)O. The van der Waals surface area contributed by atoms with Gasteiger partial charge >= 0.3 is 5.97 Å². The highest BCUT2D eigenvalue weighted by Gasteiger charge is 2.18. The van der Waals surface area contributed by atoms with Gasteiger partial charge in [-0.15, -0.1) is 11.8 Å². The molecule has 0 aliphatic heterocycles. The van der Waals surface area contributed by atoms with Crippen molar-refractivity contribution < 1.29 is 19.1 Å². The molecule has 0 aliphatic carbocycles. The van der Waals surface area contributed by atoms with Gasteiger partial charge in [0.05, 0.1) is 0 Å².